The van der Waals surface area contributed by atoms with Crippen LogP contribution in [0.2, 0.25) is 0 Å². The Hall–Kier alpha value is -3.35. The minimum Gasteiger partial charge on any atom is -0.469 e. The summed E-state index contributed by atoms with van der Waals surface area (Å²) in [5.74, 6) is -0.231. The minimum absolute atomic E-state index is 0.0668. The van der Waals surface area contributed by atoms with Gasteiger partial charge in [-0.3, -0.25) is 4.79 Å². The molecule has 2 aromatic rings. The lowest BCUT2D eigenvalue weighted by molar-refractivity contribution is -0.453. The van der Waals surface area contributed by atoms with Crippen molar-refractivity contribution in [2.45, 2.75) is 39.2 Å². The van der Waals surface area contributed by atoms with Gasteiger partial charge in [-0.25, -0.2) is 9.37 Å². The smallest absolute Gasteiger partial charge is 0.407 e. The van der Waals surface area contributed by atoms with Crippen LogP contribution in [0.5, 0.6) is 0 Å². The first kappa shape index (κ1) is 23.3. The number of para-hydroxylation sites is 1. The number of ether oxygens (including phenoxy) is 2. The van der Waals surface area contributed by atoms with Gasteiger partial charge in [-0.15, -0.1) is 0 Å². The summed E-state index contributed by atoms with van der Waals surface area (Å²) in [4.78, 5) is 27.2. The number of nitrogens with one attached hydrogen (secondary N) is 2. The second kappa shape index (κ2) is 9.85. The van der Waals surface area contributed by atoms with Crippen molar-refractivity contribution in [3.8, 4) is 0 Å². The van der Waals surface area contributed by atoms with Crippen LogP contribution in [-0.4, -0.2) is 53.6 Å². The van der Waals surface area contributed by atoms with Gasteiger partial charge in [0.05, 0.1) is 26.0 Å². The van der Waals surface area contributed by atoms with Gasteiger partial charge in [0, 0.05) is 22.2 Å². The molecule has 170 valence electrons. The number of allylic oxidation sites excluding steroid dienone is 2. The van der Waals surface area contributed by atoms with Gasteiger partial charge in [0.2, 0.25) is 0 Å². The molecular weight excluding hydrogens is 406 g/mol. The number of benzene rings is 1. The fourth-order valence-electron chi connectivity index (χ4n) is 3.77. The molecule has 0 saturated carbocycles. The number of hydrogen-bond donors (Lipinski definition) is 2. The van der Waals surface area contributed by atoms with Crippen molar-refractivity contribution in [1.29, 1.82) is 0 Å². The molecule has 2 N–H and O–H groups in total. The van der Waals surface area contributed by atoms with Crippen molar-refractivity contribution in [2.24, 2.45) is 5.92 Å². The van der Waals surface area contributed by atoms with E-state index in [2.05, 4.69) is 29.2 Å². The van der Waals surface area contributed by atoms with Crippen LogP contribution < -0.4 is 5.32 Å². The quantitative estimate of drug-likeness (QED) is 0.505. The van der Waals surface area contributed by atoms with E-state index < -0.39 is 11.7 Å². The normalized spacial score (nSPS) is 15.9. The molecule has 1 aromatic heterocycles. The van der Waals surface area contributed by atoms with Crippen LogP contribution >= 0.6 is 0 Å². The summed E-state index contributed by atoms with van der Waals surface area (Å²) in [6, 6.07) is 7.97. The molecule has 0 aliphatic carbocycles. The number of carbonyl (C=O) groups is 2. The van der Waals surface area contributed by atoms with Gasteiger partial charge in [0.25, 0.3) is 0 Å². The number of nitrogens with zero attached hydrogens (tertiary/aromatic N) is 1. The molecule has 0 saturated heterocycles. The first-order valence-electron chi connectivity index (χ1n) is 10.8. The predicted octanol–water partition coefficient (Wildman–Crippen LogP) is 4.04. The molecule has 1 aromatic carbocycles. The van der Waals surface area contributed by atoms with Gasteiger partial charge in [0.1, 0.15) is 5.60 Å². The molecule has 1 amide bonds. The number of esters is 1. The van der Waals surface area contributed by atoms with E-state index in [1.165, 1.54) is 7.11 Å². The molecule has 7 nitrogen and oxygen atoms in total. The number of hydrogen-bond acceptors (Lipinski definition) is 4. The molecule has 0 radical (unpaired) electrons. The number of fused-ring (bicyclic) bond motifs is 1. The van der Waals surface area contributed by atoms with Gasteiger partial charge in [-0.05, 0) is 44.9 Å². The van der Waals surface area contributed by atoms with E-state index in [1.807, 2.05) is 55.8 Å². The van der Waals surface area contributed by atoms with E-state index in [0.29, 0.717) is 13.1 Å². The van der Waals surface area contributed by atoms with E-state index in [1.54, 1.807) is 0 Å². The van der Waals surface area contributed by atoms with Crippen molar-refractivity contribution >= 4 is 34.8 Å². The first-order chi connectivity index (χ1) is 15.2. The van der Waals surface area contributed by atoms with Gasteiger partial charge >= 0.3 is 12.1 Å². The number of rotatable bonds is 7. The van der Waals surface area contributed by atoms with Crippen LogP contribution in [0.4, 0.5) is 4.79 Å². The number of carbonyl (C=O) groups excluding carboxylic acids is 2. The number of alkyl carbamates (subject to hydrolysis) is 1. The fraction of sp³-hybridized carbons (Fsp3) is 0.400. The molecular formula is C25H32N3O4+. The maximum absolute atomic E-state index is 12.0. The maximum atomic E-state index is 12.0. The second-order valence-corrected chi connectivity index (χ2v) is 8.84. The highest BCUT2D eigenvalue weighted by Gasteiger charge is 2.25. The summed E-state index contributed by atoms with van der Waals surface area (Å²) in [7, 11) is 1.39. The second-order valence-electron chi connectivity index (χ2n) is 8.84. The van der Waals surface area contributed by atoms with Crippen LogP contribution in [0, 0.1) is 5.92 Å². The third kappa shape index (κ3) is 5.87. The van der Waals surface area contributed by atoms with Gasteiger partial charge < -0.3 is 19.8 Å². The van der Waals surface area contributed by atoms with Crippen LogP contribution in [0.1, 0.15) is 38.4 Å². The topological polar surface area (TPSA) is 83.4 Å². The van der Waals surface area contributed by atoms with Crippen molar-refractivity contribution in [3.05, 3.63) is 54.4 Å². The largest absolute Gasteiger partial charge is 0.469 e. The fourth-order valence-corrected chi connectivity index (χ4v) is 3.77. The lowest BCUT2D eigenvalue weighted by Gasteiger charge is -2.19. The summed E-state index contributed by atoms with van der Waals surface area (Å²) < 4.78 is 12.2. The maximum Gasteiger partial charge on any atom is 0.407 e. The van der Waals surface area contributed by atoms with E-state index in [0.717, 1.165) is 34.2 Å². The Kier molecular flexibility index (Phi) is 7.18. The lowest BCUT2D eigenvalue weighted by Crippen LogP contribution is -2.35. The average molecular weight is 439 g/mol. The molecule has 0 bridgehead atoms. The first-order valence-corrected chi connectivity index (χ1v) is 10.8. The summed E-state index contributed by atoms with van der Waals surface area (Å²) >= 11 is 0. The summed E-state index contributed by atoms with van der Waals surface area (Å²) in [5.41, 5.74) is 3.16. The monoisotopic (exact) mass is 438 g/mol. The highest BCUT2D eigenvalue weighted by atomic mass is 16.6. The number of H-pyrrole nitrogens is 1. The highest BCUT2D eigenvalue weighted by Crippen LogP contribution is 2.34. The van der Waals surface area contributed by atoms with Crippen LogP contribution in [0.25, 0.3) is 16.5 Å². The number of aromatic nitrogens is 1. The SMILES string of the molecule is C=C(c1c(CC(=O)OC)[nH]c2ccccc12)C1C=[N+](CCNC(=O)OC(C)(C)C)C=CC1. The number of aromatic amines is 1. The number of methoxy groups -OCH3 is 1. The summed E-state index contributed by atoms with van der Waals surface area (Å²) in [6.45, 7) is 11.0. The molecule has 2 heterocycles. The van der Waals surface area contributed by atoms with E-state index in [-0.39, 0.29) is 18.3 Å². The van der Waals surface area contributed by atoms with Crippen LogP contribution in [0.3, 0.4) is 0 Å². The average Bonchev–Trinajstić information content (AvgIpc) is 3.09. The van der Waals surface area contributed by atoms with E-state index >= 15 is 0 Å². The third-order valence-electron chi connectivity index (χ3n) is 5.20. The van der Waals surface area contributed by atoms with Crippen molar-refractivity contribution in [2.75, 3.05) is 20.2 Å². The Balaban J connectivity index is 1.75. The predicted molar refractivity (Wildman–Crippen MR) is 126 cm³/mol. The Bertz CT molecular complexity index is 1070. The molecule has 7 heteroatoms. The Morgan fingerprint density at radius 3 is 2.75 bits per heavy atom. The lowest BCUT2D eigenvalue weighted by atomic mass is 9.88. The molecule has 32 heavy (non-hydrogen) atoms. The third-order valence-corrected chi connectivity index (χ3v) is 5.20. The van der Waals surface area contributed by atoms with Crippen molar-refractivity contribution in [1.82, 2.24) is 10.3 Å². The number of amides is 1. The van der Waals surface area contributed by atoms with Gasteiger partial charge in [-0.1, -0.05) is 24.8 Å². The molecule has 0 spiro atoms. The Labute approximate surface area is 188 Å². The van der Waals surface area contributed by atoms with Crippen molar-refractivity contribution < 1.29 is 23.6 Å². The summed E-state index contributed by atoms with van der Waals surface area (Å²) in [6.07, 6.45) is 6.76. The molecule has 1 unspecified atom stereocenters. The van der Waals surface area contributed by atoms with E-state index in [9.17, 15) is 9.59 Å². The Morgan fingerprint density at radius 1 is 1.28 bits per heavy atom. The molecule has 1 aliphatic heterocycles. The van der Waals surface area contributed by atoms with Crippen molar-refractivity contribution in [3.63, 3.8) is 0 Å². The van der Waals surface area contributed by atoms with Crippen LogP contribution in [0.15, 0.2) is 43.1 Å². The molecule has 1 atom stereocenters. The van der Waals surface area contributed by atoms with E-state index in [4.69, 9.17) is 9.47 Å². The van der Waals surface area contributed by atoms with Gasteiger partial charge in [-0.2, -0.15) is 0 Å². The zero-order valence-electron chi connectivity index (χ0n) is 19.2. The van der Waals surface area contributed by atoms with Crippen LogP contribution in [-0.2, 0) is 20.7 Å². The minimum atomic E-state index is -0.523. The zero-order valence-corrected chi connectivity index (χ0v) is 19.2. The molecule has 3 rings (SSSR count). The molecule has 0 fully saturated rings. The molecule has 1 aliphatic rings. The standard InChI is InChI=1S/C25H31N3O4/c1-17(23-19-10-6-7-11-20(19)27-21(23)15-22(29)31-5)18-9-8-13-28(16-18)14-12-26-24(30)32-25(2,3)4/h6-8,10-11,13,16,18,27H,1,9,12,14-15H2,2-5H3/p+1. The summed E-state index contributed by atoms with van der Waals surface area (Å²) in [5, 5.41) is 3.82. The highest BCUT2D eigenvalue weighted by molar-refractivity contribution is 5.98. The zero-order chi connectivity index (χ0) is 23.3. The Morgan fingerprint density at radius 2 is 2.03 bits per heavy atom. The van der Waals surface area contributed by atoms with Gasteiger partial charge in [0.15, 0.2) is 19.0 Å².